The topological polar surface area (TPSA) is 30.0 Å². The minimum atomic E-state index is 0.190. The van der Waals surface area contributed by atoms with Gasteiger partial charge in [0.05, 0.1) is 0 Å². The molecule has 0 bridgehead atoms. The summed E-state index contributed by atoms with van der Waals surface area (Å²) in [5.74, 6) is 0.600. The molecule has 0 aliphatic heterocycles. The highest BCUT2D eigenvalue weighted by molar-refractivity contribution is 5.95. The average molecular weight is 191 g/mol. The van der Waals surface area contributed by atoms with Crippen LogP contribution >= 0.6 is 0 Å². The third-order valence-corrected chi connectivity index (χ3v) is 2.10. The van der Waals surface area contributed by atoms with Crippen molar-refractivity contribution in [3.63, 3.8) is 0 Å². The maximum atomic E-state index is 11.6. The van der Waals surface area contributed by atoms with Crippen molar-refractivity contribution in [2.45, 2.75) is 33.6 Å². The molecule has 0 spiro atoms. The van der Waals surface area contributed by atoms with E-state index in [1.54, 1.807) is 6.20 Å². The van der Waals surface area contributed by atoms with Crippen LogP contribution in [0.2, 0.25) is 0 Å². The van der Waals surface area contributed by atoms with Crippen molar-refractivity contribution in [1.29, 1.82) is 0 Å². The summed E-state index contributed by atoms with van der Waals surface area (Å²) in [5, 5.41) is 0. The Morgan fingerprint density at radius 2 is 2.14 bits per heavy atom. The smallest absolute Gasteiger partial charge is 0.164 e. The van der Waals surface area contributed by atoms with Crippen LogP contribution in [0.15, 0.2) is 18.3 Å². The Bertz CT molecular complexity index is 301. The highest BCUT2D eigenvalue weighted by atomic mass is 16.1. The number of aryl methyl sites for hydroxylation is 1. The lowest BCUT2D eigenvalue weighted by Crippen LogP contribution is -2.04. The van der Waals surface area contributed by atoms with Gasteiger partial charge in [-0.05, 0) is 24.5 Å². The molecule has 76 valence electrons. The van der Waals surface area contributed by atoms with Crippen LogP contribution in [0, 0.1) is 5.92 Å². The van der Waals surface area contributed by atoms with Crippen molar-refractivity contribution in [3.8, 4) is 0 Å². The predicted molar refractivity (Wildman–Crippen MR) is 57.4 cm³/mol. The van der Waals surface area contributed by atoms with E-state index in [1.807, 2.05) is 26.0 Å². The predicted octanol–water partition coefficient (Wildman–Crippen LogP) is 2.87. The molecule has 0 aliphatic rings. The van der Waals surface area contributed by atoms with Crippen molar-refractivity contribution in [2.24, 2.45) is 5.92 Å². The molecule has 14 heavy (non-hydrogen) atoms. The molecule has 1 heterocycles. The Morgan fingerprint density at radius 3 is 2.57 bits per heavy atom. The van der Waals surface area contributed by atoms with E-state index in [1.165, 1.54) is 0 Å². The van der Waals surface area contributed by atoms with Crippen molar-refractivity contribution in [3.05, 3.63) is 29.6 Å². The molecule has 0 saturated heterocycles. The first kappa shape index (κ1) is 10.9. The lowest BCUT2D eigenvalue weighted by molar-refractivity contribution is 0.0967. The number of pyridine rings is 1. The van der Waals surface area contributed by atoms with Crippen LogP contribution in [0.5, 0.6) is 0 Å². The van der Waals surface area contributed by atoms with Gasteiger partial charge < -0.3 is 0 Å². The van der Waals surface area contributed by atoms with E-state index in [0.29, 0.717) is 12.3 Å². The molecule has 0 aromatic carbocycles. The van der Waals surface area contributed by atoms with Crippen molar-refractivity contribution >= 4 is 5.78 Å². The van der Waals surface area contributed by atoms with Gasteiger partial charge in [0, 0.05) is 23.9 Å². The van der Waals surface area contributed by atoms with Gasteiger partial charge in [-0.25, -0.2) is 0 Å². The number of nitrogens with zero attached hydrogens (tertiary/aromatic N) is 1. The maximum Gasteiger partial charge on any atom is 0.164 e. The number of Topliss-reactive ketones (excluding diaryl/α,β-unsaturated/α-hetero) is 1. The average Bonchev–Trinajstić information content (AvgIpc) is 2.17. The first-order valence-electron chi connectivity index (χ1n) is 5.11. The molecule has 2 nitrogen and oxygen atoms in total. The van der Waals surface area contributed by atoms with Crippen LogP contribution in [0.1, 0.15) is 43.2 Å². The summed E-state index contributed by atoms with van der Waals surface area (Å²) in [6, 6.07) is 3.80. The molecule has 0 radical (unpaired) electrons. The van der Waals surface area contributed by atoms with Crippen molar-refractivity contribution in [2.75, 3.05) is 0 Å². The molecule has 0 unspecified atom stereocenters. The van der Waals surface area contributed by atoms with Gasteiger partial charge in [-0.3, -0.25) is 9.78 Å². The fourth-order valence-corrected chi connectivity index (χ4v) is 1.29. The third-order valence-electron chi connectivity index (χ3n) is 2.10. The largest absolute Gasteiger partial charge is 0.294 e. The van der Waals surface area contributed by atoms with E-state index in [2.05, 4.69) is 11.9 Å². The molecule has 0 fully saturated rings. The Labute approximate surface area is 85.4 Å². The van der Waals surface area contributed by atoms with Gasteiger partial charge in [-0.1, -0.05) is 20.8 Å². The molecule has 0 saturated carbocycles. The third kappa shape index (κ3) is 2.95. The van der Waals surface area contributed by atoms with Gasteiger partial charge >= 0.3 is 0 Å². The number of ketones is 1. The number of carbonyl (C=O) groups is 1. The summed E-state index contributed by atoms with van der Waals surface area (Å²) < 4.78 is 0. The first-order chi connectivity index (χ1) is 6.63. The number of aromatic nitrogens is 1. The molecule has 1 aromatic heterocycles. The zero-order chi connectivity index (χ0) is 10.6. The Balaban J connectivity index is 2.71. The Hall–Kier alpha value is -1.18. The zero-order valence-electron chi connectivity index (χ0n) is 9.08. The minimum absolute atomic E-state index is 0.190. The lowest BCUT2D eigenvalue weighted by Gasteiger charge is -2.03. The second kappa shape index (κ2) is 4.89. The molecular formula is C12H17NO. The van der Waals surface area contributed by atoms with E-state index in [0.717, 1.165) is 17.7 Å². The number of hydrogen-bond acceptors (Lipinski definition) is 2. The highest BCUT2D eigenvalue weighted by Gasteiger charge is 2.07. The van der Waals surface area contributed by atoms with E-state index >= 15 is 0 Å². The highest BCUT2D eigenvalue weighted by Crippen LogP contribution is 2.09. The van der Waals surface area contributed by atoms with Gasteiger partial charge in [-0.15, -0.1) is 0 Å². The monoisotopic (exact) mass is 191 g/mol. The summed E-state index contributed by atoms with van der Waals surface area (Å²) in [6.45, 7) is 6.15. The SMILES string of the molecule is CCc1ccc(C(=O)CC(C)C)cn1. The summed E-state index contributed by atoms with van der Waals surface area (Å²) >= 11 is 0. The number of hydrogen-bond donors (Lipinski definition) is 0. The van der Waals surface area contributed by atoms with Crippen molar-refractivity contribution in [1.82, 2.24) is 4.98 Å². The Kier molecular flexibility index (Phi) is 3.81. The molecule has 0 amide bonds. The minimum Gasteiger partial charge on any atom is -0.294 e. The van der Waals surface area contributed by atoms with Crippen LogP contribution in [0.25, 0.3) is 0 Å². The van der Waals surface area contributed by atoms with Crippen LogP contribution in [-0.4, -0.2) is 10.8 Å². The molecule has 0 aliphatic carbocycles. The van der Waals surface area contributed by atoms with E-state index in [4.69, 9.17) is 0 Å². The van der Waals surface area contributed by atoms with E-state index < -0.39 is 0 Å². The first-order valence-corrected chi connectivity index (χ1v) is 5.11. The lowest BCUT2D eigenvalue weighted by atomic mass is 10.0. The molecule has 0 atom stereocenters. The maximum absolute atomic E-state index is 11.6. The van der Waals surface area contributed by atoms with Crippen LogP contribution in [-0.2, 0) is 6.42 Å². The quantitative estimate of drug-likeness (QED) is 0.685. The number of carbonyl (C=O) groups excluding carboxylic acids is 1. The molecule has 1 rings (SSSR count). The Morgan fingerprint density at radius 1 is 1.43 bits per heavy atom. The van der Waals surface area contributed by atoms with Crippen molar-refractivity contribution < 1.29 is 4.79 Å². The summed E-state index contributed by atoms with van der Waals surface area (Å²) in [5.41, 5.74) is 1.77. The van der Waals surface area contributed by atoms with Crippen LogP contribution in [0.3, 0.4) is 0 Å². The second-order valence-electron chi connectivity index (χ2n) is 3.91. The standard InChI is InChI=1S/C12H17NO/c1-4-11-6-5-10(8-13-11)12(14)7-9(2)3/h5-6,8-9H,4,7H2,1-3H3. The fraction of sp³-hybridized carbons (Fsp3) is 0.500. The van der Waals surface area contributed by atoms with Crippen LogP contribution in [0.4, 0.5) is 0 Å². The summed E-state index contributed by atoms with van der Waals surface area (Å²) in [7, 11) is 0. The zero-order valence-corrected chi connectivity index (χ0v) is 9.08. The van der Waals surface area contributed by atoms with E-state index in [9.17, 15) is 4.79 Å². The number of rotatable bonds is 4. The van der Waals surface area contributed by atoms with Crippen LogP contribution < -0.4 is 0 Å². The normalized spacial score (nSPS) is 10.6. The van der Waals surface area contributed by atoms with E-state index in [-0.39, 0.29) is 5.78 Å². The molecule has 2 heteroatoms. The van der Waals surface area contributed by atoms with Gasteiger partial charge in [-0.2, -0.15) is 0 Å². The van der Waals surface area contributed by atoms with Gasteiger partial charge in [0.2, 0.25) is 0 Å². The fourth-order valence-electron chi connectivity index (χ4n) is 1.29. The summed E-state index contributed by atoms with van der Waals surface area (Å²) in [6.07, 6.45) is 3.20. The second-order valence-corrected chi connectivity index (χ2v) is 3.91. The van der Waals surface area contributed by atoms with Gasteiger partial charge in [0.25, 0.3) is 0 Å². The molecular weight excluding hydrogens is 174 g/mol. The molecule has 1 aromatic rings. The van der Waals surface area contributed by atoms with Gasteiger partial charge in [0.1, 0.15) is 0 Å². The molecule has 0 N–H and O–H groups in total. The van der Waals surface area contributed by atoms with Gasteiger partial charge in [0.15, 0.2) is 5.78 Å². The summed E-state index contributed by atoms with van der Waals surface area (Å²) in [4.78, 5) is 15.8.